The van der Waals surface area contributed by atoms with Gasteiger partial charge in [-0.1, -0.05) is 48.0 Å². The molecule has 0 saturated heterocycles. The predicted octanol–water partition coefficient (Wildman–Crippen LogP) is 5.39. The molecule has 0 aliphatic heterocycles. The van der Waals surface area contributed by atoms with E-state index < -0.39 is 10.0 Å². The van der Waals surface area contributed by atoms with E-state index in [0.29, 0.717) is 30.0 Å². The molecule has 0 spiro atoms. The van der Waals surface area contributed by atoms with E-state index in [2.05, 4.69) is 5.32 Å². The summed E-state index contributed by atoms with van der Waals surface area (Å²) in [5.41, 5.74) is 3.85. The zero-order valence-electron chi connectivity index (χ0n) is 20.3. The van der Waals surface area contributed by atoms with Gasteiger partial charge in [-0.3, -0.25) is 9.10 Å². The predicted molar refractivity (Wildman–Crippen MR) is 142 cm³/mol. The monoisotopic (exact) mass is 514 g/mol. The van der Waals surface area contributed by atoms with Gasteiger partial charge >= 0.3 is 0 Å². The summed E-state index contributed by atoms with van der Waals surface area (Å²) in [6, 6.07) is 18.7. The molecule has 0 aliphatic carbocycles. The molecule has 35 heavy (non-hydrogen) atoms. The summed E-state index contributed by atoms with van der Waals surface area (Å²) in [7, 11) is -3.95. The molecule has 0 radical (unpaired) electrons. The Morgan fingerprint density at radius 3 is 2.40 bits per heavy atom. The molecule has 0 bridgehead atoms. The number of nitrogens with zero attached hydrogens (tertiary/aromatic N) is 1. The lowest BCUT2D eigenvalue weighted by atomic mass is 10.1. The average Bonchev–Trinajstić information content (AvgIpc) is 2.83. The third kappa shape index (κ3) is 7.08. The first-order chi connectivity index (χ1) is 16.7. The van der Waals surface area contributed by atoms with E-state index in [9.17, 15) is 17.6 Å². The molecule has 0 fully saturated rings. The molecule has 186 valence electrons. The summed E-state index contributed by atoms with van der Waals surface area (Å²) in [6.45, 7) is 5.75. The number of aryl methyl sites for hydroxylation is 2. The number of benzene rings is 3. The quantitative estimate of drug-likeness (QED) is 0.349. The van der Waals surface area contributed by atoms with Crippen molar-refractivity contribution in [2.24, 2.45) is 0 Å². The molecule has 0 aliphatic rings. The minimum atomic E-state index is -3.95. The zero-order chi connectivity index (χ0) is 25.4. The van der Waals surface area contributed by atoms with Crippen LogP contribution in [-0.4, -0.2) is 33.2 Å². The number of amides is 1. The van der Waals surface area contributed by atoms with Gasteiger partial charge in [0.15, 0.2) is 0 Å². The minimum absolute atomic E-state index is 0.140. The largest absolute Gasteiger partial charge is 0.354 e. The van der Waals surface area contributed by atoms with Crippen molar-refractivity contribution in [3.05, 3.63) is 94.8 Å². The summed E-state index contributed by atoms with van der Waals surface area (Å²) in [4.78, 5) is 12.9. The first kappa shape index (κ1) is 26.8. The van der Waals surface area contributed by atoms with Crippen LogP contribution in [0.2, 0.25) is 0 Å². The number of anilines is 1. The number of nitrogens with one attached hydrogen (secondary N) is 1. The van der Waals surface area contributed by atoms with E-state index >= 15 is 0 Å². The smallest absolute Gasteiger partial charge is 0.264 e. The molecule has 8 heteroatoms. The number of carbonyl (C=O) groups excluding carboxylic acids is 1. The third-order valence-electron chi connectivity index (χ3n) is 5.74. The Kier molecular flexibility index (Phi) is 9.34. The highest BCUT2D eigenvalue weighted by Crippen LogP contribution is 2.28. The number of sulfonamides is 1. The highest BCUT2D eigenvalue weighted by Gasteiger charge is 2.28. The third-order valence-corrected chi connectivity index (χ3v) is 8.61. The molecule has 5 nitrogen and oxygen atoms in total. The minimum Gasteiger partial charge on any atom is -0.354 e. The summed E-state index contributed by atoms with van der Waals surface area (Å²) < 4.78 is 41.9. The van der Waals surface area contributed by atoms with Crippen LogP contribution in [-0.2, 0) is 20.6 Å². The van der Waals surface area contributed by atoms with Crippen molar-refractivity contribution in [2.45, 2.75) is 37.8 Å². The standard InChI is InChI=1S/C27H31FN2O3S2/c1-20-12-14-24(15-13-20)35(32,33)30(26-11-6-8-21(2)22(26)3)18-27(31)29-16-7-17-34-19-23-9-4-5-10-25(23)28/h4-6,8-15H,7,16-19H2,1-3H3,(H,29,31). The van der Waals surface area contributed by atoms with Crippen LogP contribution >= 0.6 is 11.8 Å². The summed E-state index contributed by atoms with van der Waals surface area (Å²) in [6.07, 6.45) is 0.693. The average molecular weight is 515 g/mol. The molecular formula is C27H31FN2O3S2. The van der Waals surface area contributed by atoms with Gasteiger partial charge in [-0.05, 0) is 73.9 Å². The van der Waals surface area contributed by atoms with Gasteiger partial charge in [0.05, 0.1) is 10.6 Å². The highest BCUT2D eigenvalue weighted by atomic mass is 32.2. The van der Waals surface area contributed by atoms with E-state index in [1.54, 1.807) is 60.3 Å². The maximum Gasteiger partial charge on any atom is 0.264 e. The number of thioether (sulfide) groups is 1. The normalized spacial score (nSPS) is 11.3. The van der Waals surface area contributed by atoms with E-state index in [1.165, 1.54) is 10.4 Å². The number of carbonyl (C=O) groups is 1. The Bertz CT molecular complexity index is 1260. The number of rotatable bonds is 11. The van der Waals surface area contributed by atoms with E-state index in [-0.39, 0.29) is 23.2 Å². The summed E-state index contributed by atoms with van der Waals surface area (Å²) in [5, 5.41) is 2.83. The van der Waals surface area contributed by atoms with Crippen LogP contribution in [0.3, 0.4) is 0 Å². The Hall–Kier alpha value is -2.84. The number of halogens is 1. The lowest BCUT2D eigenvalue weighted by molar-refractivity contribution is -0.119. The van der Waals surface area contributed by atoms with Gasteiger partial charge in [0.25, 0.3) is 10.0 Å². The summed E-state index contributed by atoms with van der Waals surface area (Å²) in [5.74, 6) is 0.725. The van der Waals surface area contributed by atoms with Gasteiger partial charge in [-0.15, -0.1) is 0 Å². The van der Waals surface area contributed by atoms with Crippen molar-refractivity contribution in [1.29, 1.82) is 0 Å². The van der Waals surface area contributed by atoms with Crippen LogP contribution in [0.1, 0.15) is 28.7 Å². The van der Waals surface area contributed by atoms with Crippen molar-refractivity contribution in [1.82, 2.24) is 5.32 Å². The van der Waals surface area contributed by atoms with Crippen LogP contribution in [0, 0.1) is 26.6 Å². The van der Waals surface area contributed by atoms with Gasteiger partial charge in [0.1, 0.15) is 12.4 Å². The van der Waals surface area contributed by atoms with Crippen LogP contribution in [0.4, 0.5) is 10.1 Å². The van der Waals surface area contributed by atoms with Gasteiger partial charge in [0.2, 0.25) is 5.91 Å². The molecule has 0 unspecified atom stereocenters. The van der Waals surface area contributed by atoms with Crippen LogP contribution in [0.25, 0.3) is 0 Å². The second kappa shape index (κ2) is 12.2. The van der Waals surface area contributed by atoms with Crippen molar-refractivity contribution in [2.75, 3.05) is 23.1 Å². The molecule has 3 aromatic carbocycles. The lowest BCUT2D eigenvalue weighted by Gasteiger charge is -2.26. The Labute approximate surface area is 211 Å². The van der Waals surface area contributed by atoms with E-state index in [4.69, 9.17) is 0 Å². The molecule has 0 atom stereocenters. The fraction of sp³-hybridized carbons (Fsp3) is 0.296. The first-order valence-corrected chi connectivity index (χ1v) is 14.0. The first-order valence-electron chi connectivity index (χ1n) is 11.4. The van der Waals surface area contributed by atoms with Gasteiger partial charge < -0.3 is 5.32 Å². The lowest BCUT2D eigenvalue weighted by Crippen LogP contribution is -2.41. The van der Waals surface area contributed by atoms with Gasteiger partial charge in [0, 0.05) is 12.3 Å². The molecule has 0 saturated carbocycles. The molecule has 1 N–H and O–H groups in total. The molecule has 0 heterocycles. The van der Waals surface area contributed by atoms with Crippen molar-refractivity contribution in [3.63, 3.8) is 0 Å². The van der Waals surface area contributed by atoms with E-state index in [1.807, 2.05) is 32.9 Å². The highest BCUT2D eigenvalue weighted by molar-refractivity contribution is 7.98. The van der Waals surface area contributed by atoms with E-state index in [0.717, 1.165) is 22.4 Å². The SMILES string of the molecule is Cc1ccc(S(=O)(=O)N(CC(=O)NCCCSCc2ccccc2F)c2cccc(C)c2C)cc1. The van der Waals surface area contributed by atoms with Crippen LogP contribution in [0.15, 0.2) is 71.6 Å². The Morgan fingerprint density at radius 2 is 1.69 bits per heavy atom. The number of hydrogen-bond acceptors (Lipinski definition) is 4. The summed E-state index contributed by atoms with van der Waals surface area (Å²) >= 11 is 1.59. The molecule has 3 aromatic rings. The fourth-order valence-corrected chi connectivity index (χ4v) is 5.95. The second-order valence-electron chi connectivity index (χ2n) is 8.39. The fourth-order valence-electron chi connectivity index (χ4n) is 3.53. The molecular weight excluding hydrogens is 483 g/mol. The maximum atomic E-state index is 13.7. The molecule has 0 aromatic heterocycles. The Morgan fingerprint density at radius 1 is 0.971 bits per heavy atom. The van der Waals surface area contributed by atoms with Crippen LogP contribution in [0.5, 0.6) is 0 Å². The van der Waals surface area contributed by atoms with Crippen molar-refractivity contribution >= 4 is 33.4 Å². The van der Waals surface area contributed by atoms with Crippen molar-refractivity contribution < 1.29 is 17.6 Å². The molecule has 1 amide bonds. The van der Waals surface area contributed by atoms with Gasteiger partial charge in [-0.2, -0.15) is 11.8 Å². The van der Waals surface area contributed by atoms with Crippen molar-refractivity contribution in [3.8, 4) is 0 Å². The number of hydrogen-bond donors (Lipinski definition) is 1. The maximum absolute atomic E-state index is 13.7. The zero-order valence-corrected chi connectivity index (χ0v) is 21.9. The van der Waals surface area contributed by atoms with Crippen LogP contribution < -0.4 is 9.62 Å². The Balaban J connectivity index is 1.64. The topological polar surface area (TPSA) is 66.5 Å². The second-order valence-corrected chi connectivity index (χ2v) is 11.4. The molecule has 3 rings (SSSR count). The van der Waals surface area contributed by atoms with Gasteiger partial charge in [-0.25, -0.2) is 12.8 Å².